The van der Waals surface area contributed by atoms with Crippen LogP contribution < -0.4 is 10.1 Å². The van der Waals surface area contributed by atoms with Gasteiger partial charge in [0.05, 0.1) is 7.11 Å². The zero-order valence-corrected chi connectivity index (χ0v) is 15.5. The Balaban J connectivity index is 1.38. The highest BCUT2D eigenvalue weighted by atomic mass is 16.5. The molecule has 1 aliphatic heterocycles. The van der Waals surface area contributed by atoms with Crippen molar-refractivity contribution in [1.29, 1.82) is 0 Å². The van der Waals surface area contributed by atoms with Crippen molar-refractivity contribution in [2.45, 2.75) is 38.3 Å². The van der Waals surface area contributed by atoms with Crippen LogP contribution in [0, 0.1) is 0 Å². The lowest BCUT2D eigenvalue weighted by Crippen LogP contribution is -2.44. The second kappa shape index (κ2) is 9.39. The summed E-state index contributed by atoms with van der Waals surface area (Å²) in [5, 5.41) is 3.21. The number of carbonyl (C=O) groups excluding carboxylic acids is 1. The van der Waals surface area contributed by atoms with Crippen LogP contribution in [0.15, 0.2) is 54.6 Å². The molecule has 1 aliphatic rings. The van der Waals surface area contributed by atoms with Gasteiger partial charge in [0.15, 0.2) is 0 Å². The van der Waals surface area contributed by atoms with Crippen molar-refractivity contribution in [2.24, 2.45) is 0 Å². The second-order valence-corrected chi connectivity index (χ2v) is 6.96. The van der Waals surface area contributed by atoms with Crippen LogP contribution in [0.1, 0.15) is 30.4 Å². The third-order valence-corrected chi connectivity index (χ3v) is 4.98. The van der Waals surface area contributed by atoms with Crippen molar-refractivity contribution in [1.82, 2.24) is 10.2 Å². The standard InChI is InChI=1S/C22H28N2O2/c1-26-21-9-5-8-18(16-21)10-11-22(25)23-20-12-14-24(15-13-20)17-19-6-3-2-4-7-19/h2-9,16,20H,10-15,17H2,1H3,(H,23,25). The molecule has 4 nitrogen and oxygen atoms in total. The summed E-state index contributed by atoms with van der Waals surface area (Å²) in [5.74, 6) is 0.989. The first kappa shape index (κ1) is 18.5. The van der Waals surface area contributed by atoms with Crippen molar-refractivity contribution in [2.75, 3.05) is 20.2 Å². The number of likely N-dealkylation sites (tertiary alicyclic amines) is 1. The first-order valence-electron chi connectivity index (χ1n) is 9.41. The van der Waals surface area contributed by atoms with Crippen molar-refractivity contribution in [3.05, 3.63) is 65.7 Å². The number of amides is 1. The molecule has 1 saturated heterocycles. The molecule has 0 bridgehead atoms. The molecule has 1 fully saturated rings. The normalized spacial score (nSPS) is 15.6. The van der Waals surface area contributed by atoms with Crippen LogP contribution in [-0.4, -0.2) is 37.0 Å². The zero-order chi connectivity index (χ0) is 18.2. The van der Waals surface area contributed by atoms with E-state index in [1.165, 1.54) is 5.56 Å². The maximum absolute atomic E-state index is 12.3. The average Bonchev–Trinajstić information content (AvgIpc) is 2.69. The van der Waals surface area contributed by atoms with E-state index in [1.54, 1.807) is 7.11 Å². The van der Waals surface area contributed by atoms with Gasteiger partial charge in [-0.1, -0.05) is 42.5 Å². The van der Waals surface area contributed by atoms with E-state index in [0.717, 1.165) is 50.2 Å². The lowest BCUT2D eigenvalue weighted by atomic mass is 10.0. The van der Waals surface area contributed by atoms with E-state index in [4.69, 9.17) is 4.74 Å². The van der Waals surface area contributed by atoms with Crippen molar-refractivity contribution in [3.63, 3.8) is 0 Å². The molecule has 26 heavy (non-hydrogen) atoms. The molecule has 1 N–H and O–H groups in total. The van der Waals surface area contributed by atoms with Gasteiger partial charge in [0.1, 0.15) is 5.75 Å². The maximum atomic E-state index is 12.3. The lowest BCUT2D eigenvalue weighted by molar-refractivity contribution is -0.122. The molecule has 1 amide bonds. The second-order valence-electron chi connectivity index (χ2n) is 6.96. The predicted molar refractivity (Wildman–Crippen MR) is 104 cm³/mol. The van der Waals surface area contributed by atoms with Crippen molar-refractivity contribution < 1.29 is 9.53 Å². The van der Waals surface area contributed by atoms with Gasteiger partial charge in [0.25, 0.3) is 0 Å². The Hall–Kier alpha value is -2.33. The molecule has 0 aliphatic carbocycles. The van der Waals surface area contributed by atoms with Gasteiger partial charge in [-0.25, -0.2) is 0 Å². The molecule has 0 saturated carbocycles. The van der Waals surface area contributed by atoms with Gasteiger partial charge in [0.2, 0.25) is 5.91 Å². The van der Waals surface area contributed by atoms with Gasteiger partial charge in [-0.15, -0.1) is 0 Å². The Morgan fingerprint density at radius 3 is 2.54 bits per heavy atom. The molecule has 4 heteroatoms. The van der Waals surface area contributed by atoms with E-state index in [2.05, 4.69) is 40.5 Å². The van der Waals surface area contributed by atoms with Gasteiger partial charge in [-0.05, 0) is 42.5 Å². The summed E-state index contributed by atoms with van der Waals surface area (Å²) in [6, 6.07) is 18.8. The molecular formula is C22H28N2O2. The molecule has 0 spiro atoms. The Bertz CT molecular complexity index is 694. The van der Waals surface area contributed by atoms with Crippen LogP contribution in [-0.2, 0) is 17.8 Å². The van der Waals surface area contributed by atoms with Crippen LogP contribution in [0.5, 0.6) is 5.75 Å². The molecule has 3 rings (SSSR count). The summed E-state index contributed by atoms with van der Waals surface area (Å²) in [6.45, 7) is 3.07. The van der Waals surface area contributed by atoms with Crippen LogP contribution in [0.4, 0.5) is 0 Å². The number of carbonyl (C=O) groups is 1. The van der Waals surface area contributed by atoms with E-state index in [1.807, 2.05) is 24.3 Å². The molecule has 0 unspecified atom stereocenters. The predicted octanol–water partition coefficient (Wildman–Crippen LogP) is 3.41. The third kappa shape index (κ3) is 5.60. The van der Waals surface area contributed by atoms with Gasteiger partial charge < -0.3 is 10.1 Å². The molecular weight excluding hydrogens is 324 g/mol. The highest BCUT2D eigenvalue weighted by Crippen LogP contribution is 2.16. The Kier molecular flexibility index (Phi) is 6.67. The first-order valence-corrected chi connectivity index (χ1v) is 9.41. The number of rotatable bonds is 7. The van der Waals surface area contributed by atoms with E-state index >= 15 is 0 Å². The fourth-order valence-corrected chi connectivity index (χ4v) is 3.46. The molecule has 2 aromatic carbocycles. The summed E-state index contributed by atoms with van der Waals surface area (Å²) >= 11 is 0. The Labute approximate surface area is 156 Å². The number of nitrogens with zero attached hydrogens (tertiary/aromatic N) is 1. The highest BCUT2D eigenvalue weighted by Gasteiger charge is 2.20. The minimum absolute atomic E-state index is 0.148. The number of methoxy groups -OCH3 is 1. The van der Waals surface area contributed by atoms with Crippen LogP contribution in [0.25, 0.3) is 0 Å². The highest BCUT2D eigenvalue weighted by molar-refractivity contribution is 5.76. The number of nitrogens with one attached hydrogen (secondary N) is 1. The van der Waals surface area contributed by atoms with Crippen LogP contribution in [0.3, 0.4) is 0 Å². The van der Waals surface area contributed by atoms with Crippen molar-refractivity contribution >= 4 is 5.91 Å². The summed E-state index contributed by atoms with van der Waals surface area (Å²) in [7, 11) is 1.66. The number of hydrogen-bond donors (Lipinski definition) is 1. The molecule has 2 aromatic rings. The number of benzene rings is 2. The minimum Gasteiger partial charge on any atom is -0.497 e. The van der Waals surface area contributed by atoms with E-state index in [0.29, 0.717) is 12.5 Å². The fourth-order valence-electron chi connectivity index (χ4n) is 3.46. The quantitative estimate of drug-likeness (QED) is 0.830. The van der Waals surface area contributed by atoms with Crippen LogP contribution >= 0.6 is 0 Å². The monoisotopic (exact) mass is 352 g/mol. The SMILES string of the molecule is COc1cccc(CCC(=O)NC2CCN(Cc3ccccc3)CC2)c1. The molecule has 0 atom stereocenters. The van der Waals surface area contributed by atoms with Gasteiger partial charge in [0, 0.05) is 32.1 Å². The number of aryl methyl sites for hydroxylation is 1. The third-order valence-electron chi connectivity index (χ3n) is 4.98. The van der Waals surface area contributed by atoms with Crippen molar-refractivity contribution in [3.8, 4) is 5.75 Å². The topological polar surface area (TPSA) is 41.6 Å². The van der Waals surface area contributed by atoms with E-state index in [-0.39, 0.29) is 5.91 Å². The Morgan fingerprint density at radius 1 is 1.08 bits per heavy atom. The Morgan fingerprint density at radius 2 is 1.81 bits per heavy atom. The lowest BCUT2D eigenvalue weighted by Gasteiger charge is -2.32. The number of hydrogen-bond acceptors (Lipinski definition) is 3. The summed E-state index contributed by atoms with van der Waals surface area (Å²) in [6.07, 6.45) is 3.32. The fraction of sp³-hybridized carbons (Fsp3) is 0.409. The maximum Gasteiger partial charge on any atom is 0.220 e. The van der Waals surface area contributed by atoms with Gasteiger partial charge >= 0.3 is 0 Å². The zero-order valence-electron chi connectivity index (χ0n) is 15.5. The molecule has 0 aromatic heterocycles. The van der Waals surface area contributed by atoms with Gasteiger partial charge in [-0.3, -0.25) is 9.69 Å². The smallest absolute Gasteiger partial charge is 0.220 e. The number of piperidine rings is 1. The minimum atomic E-state index is 0.148. The average molecular weight is 352 g/mol. The van der Waals surface area contributed by atoms with E-state index < -0.39 is 0 Å². The summed E-state index contributed by atoms with van der Waals surface area (Å²) < 4.78 is 5.23. The van der Waals surface area contributed by atoms with E-state index in [9.17, 15) is 4.79 Å². The molecule has 138 valence electrons. The summed E-state index contributed by atoms with van der Waals surface area (Å²) in [4.78, 5) is 14.7. The first-order chi connectivity index (χ1) is 12.7. The van der Waals surface area contributed by atoms with Gasteiger partial charge in [-0.2, -0.15) is 0 Å². The molecule has 1 heterocycles. The largest absolute Gasteiger partial charge is 0.497 e. The molecule has 0 radical (unpaired) electrons. The number of ether oxygens (including phenoxy) is 1. The van der Waals surface area contributed by atoms with Crippen LogP contribution in [0.2, 0.25) is 0 Å². The summed E-state index contributed by atoms with van der Waals surface area (Å²) in [5.41, 5.74) is 2.49.